The maximum Gasteiger partial charge on any atom is 0.338 e. The van der Waals surface area contributed by atoms with Crippen LogP contribution in [0.3, 0.4) is 0 Å². The molecular formula is C16H21N3O7. The Morgan fingerprint density at radius 1 is 1.27 bits per heavy atom. The van der Waals surface area contributed by atoms with Crippen molar-refractivity contribution in [3.8, 4) is 5.75 Å². The SMILES string of the molecule is CCOc1ccc(C(=O)OCC(=O)NC(=O)N[C@H](C)CC)cc1[N+](=O)[O-]. The van der Waals surface area contributed by atoms with E-state index >= 15 is 0 Å². The van der Waals surface area contributed by atoms with Crippen LogP contribution < -0.4 is 15.4 Å². The Balaban J connectivity index is 2.65. The smallest absolute Gasteiger partial charge is 0.338 e. The molecule has 3 amide bonds. The summed E-state index contributed by atoms with van der Waals surface area (Å²) in [6, 6.07) is 2.75. The number of amides is 3. The number of hydrogen-bond acceptors (Lipinski definition) is 7. The van der Waals surface area contributed by atoms with Crippen molar-refractivity contribution in [3.63, 3.8) is 0 Å². The molecule has 142 valence electrons. The lowest BCUT2D eigenvalue weighted by atomic mass is 10.2. The molecule has 0 saturated carbocycles. The van der Waals surface area contributed by atoms with Crippen molar-refractivity contribution >= 4 is 23.6 Å². The number of nitrogens with one attached hydrogen (secondary N) is 2. The first-order valence-corrected chi connectivity index (χ1v) is 7.97. The Morgan fingerprint density at radius 2 is 1.96 bits per heavy atom. The Bertz CT molecular complexity index is 690. The van der Waals surface area contributed by atoms with E-state index in [2.05, 4.69) is 5.32 Å². The fraction of sp³-hybridized carbons (Fsp3) is 0.438. The number of nitro benzene ring substituents is 1. The number of esters is 1. The van der Waals surface area contributed by atoms with Gasteiger partial charge in [-0.25, -0.2) is 9.59 Å². The van der Waals surface area contributed by atoms with Gasteiger partial charge >= 0.3 is 17.7 Å². The molecule has 0 bridgehead atoms. The number of urea groups is 1. The fourth-order valence-corrected chi connectivity index (χ4v) is 1.80. The highest BCUT2D eigenvalue weighted by atomic mass is 16.6. The molecule has 10 heteroatoms. The molecule has 1 aromatic carbocycles. The topological polar surface area (TPSA) is 137 Å². The predicted octanol–water partition coefficient (Wildman–Crippen LogP) is 1.77. The minimum Gasteiger partial charge on any atom is -0.487 e. The maximum absolute atomic E-state index is 11.9. The van der Waals surface area contributed by atoms with Gasteiger partial charge in [0.1, 0.15) is 0 Å². The van der Waals surface area contributed by atoms with Crippen LogP contribution in [0.2, 0.25) is 0 Å². The van der Waals surface area contributed by atoms with Gasteiger partial charge in [-0.2, -0.15) is 0 Å². The number of imide groups is 1. The van der Waals surface area contributed by atoms with Gasteiger partial charge in [0, 0.05) is 12.1 Å². The van der Waals surface area contributed by atoms with Crippen LogP contribution in [-0.4, -0.2) is 42.1 Å². The molecule has 26 heavy (non-hydrogen) atoms. The van der Waals surface area contributed by atoms with Gasteiger partial charge in [0.25, 0.3) is 5.91 Å². The first-order chi connectivity index (χ1) is 12.3. The molecule has 0 saturated heterocycles. The van der Waals surface area contributed by atoms with Crippen molar-refractivity contribution < 1.29 is 28.8 Å². The van der Waals surface area contributed by atoms with Crippen molar-refractivity contribution in [3.05, 3.63) is 33.9 Å². The van der Waals surface area contributed by atoms with E-state index in [4.69, 9.17) is 9.47 Å². The molecule has 0 heterocycles. The summed E-state index contributed by atoms with van der Waals surface area (Å²) in [4.78, 5) is 45.4. The van der Waals surface area contributed by atoms with Crippen molar-refractivity contribution in [1.29, 1.82) is 0 Å². The standard InChI is InChI=1S/C16H21N3O7/c1-4-10(3)17-16(22)18-14(20)9-26-15(21)11-6-7-13(25-5-2)12(8-11)19(23)24/h6-8,10H,4-5,9H2,1-3H3,(H2,17,18,20,22)/t10-/m1/s1. The summed E-state index contributed by atoms with van der Waals surface area (Å²) < 4.78 is 9.88. The first-order valence-electron chi connectivity index (χ1n) is 7.97. The van der Waals surface area contributed by atoms with Gasteiger partial charge in [0.05, 0.1) is 17.1 Å². The van der Waals surface area contributed by atoms with Crippen LogP contribution in [0.15, 0.2) is 18.2 Å². The number of hydrogen-bond donors (Lipinski definition) is 2. The Labute approximate surface area is 150 Å². The highest BCUT2D eigenvalue weighted by molar-refractivity contribution is 5.97. The van der Waals surface area contributed by atoms with E-state index in [9.17, 15) is 24.5 Å². The van der Waals surface area contributed by atoms with E-state index in [1.807, 2.05) is 12.2 Å². The lowest BCUT2D eigenvalue weighted by molar-refractivity contribution is -0.385. The molecule has 1 rings (SSSR count). The second-order valence-electron chi connectivity index (χ2n) is 5.28. The van der Waals surface area contributed by atoms with Crippen LogP contribution in [0.25, 0.3) is 0 Å². The number of carbonyl (C=O) groups excluding carboxylic acids is 3. The van der Waals surface area contributed by atoms with Gasteiger partial charge in [-0.15, -0.1) is 0 Å². The molecule has 0 aliphatic carbocycles. The highest BCUT2D eigenvalue weighted by Crippen LogP contribution is 2.28. The first kappa shape index (κ1) is 20.9. The molecule has 1 aromatic rings. The molecular weight excluding hydrogens is 346 g/mol. The fourth-order valence-electron chi connectivity index (χ4n) is 1.80. The molecule has 0 spiro atoms. The molecule has 0 radical (unpaired) electrons. The number of carbonyl (C=O) groups is 3. The monoisotopic (exact) mass is 367 g/mol. The third kappa shape index (κ3) is 6.38. The third-order valence-electron chi connectivity index (χ3n) is 3.27. The molecule has 2 N–H and O–H groups in total. The van der Waals surface area contributed by atoms with E-state index in [-0.39, 0.29) is 24.0 Å². The van der Waals surface area contributed by atoms with Gasteiger partial charge in [0.2, 0.25) is 0 Å². The van der Waals surface area contributed by atoms with Crippen molar-refractivity contribution in [2.45, 2.75) is 33.2 Å². The lowest BCUT2D eigenvalue weighted by Gasteiger charge is -2.12. The number of benzene rings is 1. The van der Waals surface area contributed by atoms with Crippen LogP contribution in [0.5, 0.6) is 5.75 Å². The van der Waals surface area contributed by atoms with Crippen molar-refractivity contribution in [2.75, 3.05) is 13.2 Å². The van der Waals surface area contributed by atoms with E-state index in [1.54, 1.807) is 13.8 Å². The summed E-state index contributed by atoms with van der Waals surface area (Å²) in [5, 5.41) is 15.6. The van der Waals surface area contributed by atoms with Gasteiger partial charge in [0.15, 0.2) is 12.4 Å². The van der Waals surface area contributed by atoms with Crippen LogP contribution >= 0.6 is 0 Å². The summed E-state index contributed by atoms with van der Waals surface area (Å²) in [6.45, 7) is 4.83. The summed E-state index contributed by atoms with van der Waals surface area (Å²) in [6.07, 6.45) is 0.688. The summed E-state index contributed by atoms with van der Waals surface area (Å²) in [7, 11) is 0. The second-order valence-corrected chi connectivity index (χ2v) is 5.28. The molecule has 1 atom stereocenters. The largest absolute Gasteiger partial charge is 0.487 e. The van der Waals surface area contributed by atoms with Crippen LogP contribution in [0.1, 0.15) is 37.6 Å². The van der Waals surface area contributed by atoms with Gasteiger partial charge in [-0.1, -0.05) is 6.92 Å². The van der Waals surface area contributed by atoms with Gasteiger partial charge in [-0.3, -0.25) is 20.2 Å². The van der Waals surface area contributed by atoms with Crippen LogP contribution in [-0.2, 0) is 9.53 Å². The third-order valence-corrected chi connectivity index (χ3v) is 3.27. The minimum atomic E-state index is -0.936. The van der Waals surface area contributed by atoms with Crippen LogP contribution in [0.4, 0.5) is 10.5 Å². The molecule has 0 aliphatic heterocycles. The predicted molar refractivity (Wildman–Crippen MR) is 91.0 cm³/mol. The van der Waals surface area contributed by atoms with Crippen LogP contribution in [0, 0.1) is 10.1 Å². The Hall–Kier alpha value is -3.17. The average molecular weight is 367 g/mol. The summed E-state index contributed by atoms with van der Waals surface area (Å²) in [5.41, 5.74) is -0.504. The van der Waals surface area contributed by atoms with Gasteiger partial charge < -0.3 is 14.8 Å². The molecule has 0 unspecified atom stereocenters. The van der Waals surface area contributed by atoms with Crippen molar-refractivity contribution in [1.82, 2.24) is 10.6 Å². The number of nitro groups is 1. The highest BCUT2D eigenvalue weighted by Gasteiger charge is 2.20. The Morgan fingerprint density at radius 3 is 2.54 bits per heavy atom. The number of ether oxygens (including phenoxy) is 2. The van der Waals surface area contributed by atoms with E-state index in [1.165, 1.54) is 12.1 Å². The molecule has 0 aliphatic rings. The zero-order chi connectivity index (χ0) is 19.7. The molecule has 0 fully saturated rings. The average Bonchev–Trinajstić information content (AvgIpc) is 2.59. The van der Waals surface area contributed by atoms with E-state index < -0.39 is 35.1 Å². The maximum atomic E-state index is 11.9. The molecule has 10 nitrogen and oxygen atoms in total. The lowest BCUT2D eigenvalue weighted by Crippen LogP contribution is -2.44. The number of rotatable bonds is 8. The van der Waals surface area contributed by atoms with E-state index in [0.29, 0.717) is 6.42 Å². The Kier molecular flexibility index (Phi) is 8.00. The quantitative estimate of drug-likeness (QED) is 0.406. The van der Waals surface area contributed by atoms with Crippen molar-refractivity contribution in [2.24, 2.45) is 0 Å². The second kappa shape index (κ2) is 9.97. The zero-order valence-electron chi connectivity index (χ0n) is 14.7. The summed E-state index contributed by atoms with van der Waals surface area (Å²) >= 11 is 0. The number of nitrogens with zero attached hydrogens (tertiary/aromatic N) is 1. The minimum absolute atomic E-state index is 0.0218. The molecule has 0 aromatic heterocycles. The van der Waals surface area contributed by atoms with Gasteiger partial charge in [-0.05, 0) is 32.4 Å². The van der Waals surface area contributed by atoms with E-state index in [0.717, 1.165) is 6.07 Å². The normalized spacial score (nSPS) is 11.2. The summed E-state index contributed by atoms with van der Waals surface area (Å²) in [5.74, 6) is -1.73. The zero-order valence-corrected chi connectivity index (χ0v) is 14.7.